The van der Waals surface area contributed by atoms with Gasteiger partial charge in [0, 0.05) is 22.9 Å². The molecule has 0 atom stereocenters. The van der Waals surface area contributed by atoms with Gasteiger partial charge in [-0.1, -0.05) is 11.8 Å². The number of aromatic nitrogens is 2. The Bertz CT molecular complexity index is 620. The summed E-state index contributed by atoms with van der Waals surface area (Å²) >= 11 is 1.33. The number of benzene rings is 1. The Kier molecular flexibility index (Phi) is 3.70. The number of carbonyl (C=O) groups excluding carboxylic acids is 1. The largest absolute Gasteiger partial charge is 0.294 e. The summed E-state index contributed by atoms with van der Waals surface area (Å²) in [6.07, 6.45) is 4.79. The van der Waals surface area contributed by atoms with Crippen molar-refractivity contribution in [3.05, 3.63) is 47.9 Å². The Morgan fingerprint density at radius 3 is 2.83 bits per heavy atom. The molecule has 18 heavy (non-hydrogen) atoms. The minimum Gasteiger partial charge on any atom is -0.294 e. The van der Waals surface area contributed by atoms with Crippen LogP contribution < -0.4 is 0 Å². The number of nitrogens with zero attached hydrogens (tertiary/aromatic N) is 3. The number of carbonyl (C=O) groups is 1. The Labute approximate surface area is 109 Å². The molecule has 1 aromatic carbocycles. The van der Waals surface area contributed by atoms with E-state index in [9.17, 15) is 4.79 Å². The van der Waals surface area contributed by atoms with Gasteiger partial charge in [-0.3, -0.25) is 9.78 Å². The second kappa shape index (κ2) is 5.43. The van der Waals surface area contributed by atoms with Crippen LogP contribution in [0, 0.1) is 11.3 Å². The lowest BCUT2D eigenvalue weighted by molar-refractivity contribution is 0.101. The van der Waals surface area contributed by atoms with Crippen molar-refractivity contribution in [1.29, 1.82) is 5.26 Å². The Balaban J connectivity index is 2.42. The molecule has 0 aliphatic heterocycles. The van der Waals surface area contributed by atoms with Crippen LogP contribution in [0.4, 0.5) is 0 Å². The van der Waals surface area contributed by atoms with Crippen LogP contribution in [0.3, 0.4) is 0 Å². The molecule has 0 radical (unpaired) electrons. The summed E-state index contributed by atoms with van der Waals surface area (Å²) in [6, 6.07) is 7.05. The van der Waals surface area contributed by atoms with Gasteiger partial charge in [0.1, 0.15) is 5.03 Å². The second-order valence-corrected chi connectivity index (χ2v) is 4.59. The van der Waals surface area contributed by atoms with Gasteiger partial charge in [-0.05, 0) is 25.1 Å². The number of Topliss-reactive ketones (excluding diaryl/α,β-unsaturated/α-hetero) is 1. The van der Waals surface area contributed by atoms with E-state index in [1.54, 1.807) is 36.8 Å². The van der Waals surface area contributed by atoms with E-state index in [1.807, 2.05) is 0 Å². The summed E-state index contributed by atoms with van der Waals surface area (Å²) < 4.78 is 0. The average molecular weight is 255 g/mol. The van der Waals surface area contributed by atoms with Crippen LogP contribution in [-0.4, -0.2) is 15.8 Å². The Morgan fingerprint density at radius 1 is 1.39 bits per heavy atom. The fourth-order valence-electron chi connectivity index (χ4n) is 1.42. The first kappa shape index (κ1) is 12.3. The van der Waals surface area contributed by atoms with Gasteiger partial charge in [0.2, 0.25) is 0 Å². The van der Waals surface area contributed by atoms with E-state index < -0.39 is 0 Å². The number of nitriles is 1. The van der Waals surface area contributed by atoms with Gasteiger partial charge in [-0.15, -0.1) is 0 Å². The fraction of sp³-hybridized carbons (Fsp3) is 0.0769. The summed E-state index contributed by atoms with van der Waals surface area (Å²) in [5.74, 6) is -0.0362. The molecule has 0 spiro atoms. The molecule has 5 heteroatoms. The predicted molar refractivity (Wildman–Crippen MR) is 67.3 cm³/mol. The molecule has 4 nitrogen and oxygen atoms in total. The zero-order chi connectivity index (χ0) is 13.0. The van der Waals surface area contributed by atoms with E-state index in [4.69, 9.17) is 5.26 Å². The number of hydrogen-bond donors (Lipinski definition) is 0. The second-order valence-electron chi connectivity index (χ2n) is 3.52. The molecule has 0 unspecified atom stereocenters. The summed E-state index contributed by atoms with van der Waals surface area (Å²) in [6.45, 7) is 1.50. The maximum Gasteiger partial charge on any atom is 0.160 e. The summed E-state index contributed by atoms with van der Waals surface area (Å²) in [4.78, 5) is 20.3. The van der Waals surface area contributed by atoms with Crippen LogP contribution in [0.2, 0.25) is 0 Å². The normalized spacial score (nSPS) is 9.78. The third-order valence-corrected chi connectivity index (χ3v) is 3.22. The lowest BCUT2D eigenvalue weighted by atomic mass is 10.1. The van der Waals surface area contributed by atoms with Gasteiger partial charge in [0.15, 0.2) is 5.78 Å². The Hall–Kier alpha value is -2.19. The van der Waals surface area contributed by atoms with Crippen molar-refractivity contribution >= 4 is 17.5 Å². The Morgan fingerprint density at radius 2 is 2.22 bits per heavy atom. The molecule has 2 aromatic rings. The van der Waals surface area contributed by atoms with Gasteiger partial charge in [-0.2, -0.15) is 5.26 Å². The molecule has 0 bridgehead atoms. The molecule has 0 fully saturated rings. The van der Waals surface area contributed by atoms with Crippen molar-refractivity contribution in [2.45, 2.75) is 16.8 Å². The molecular weight excluding hydrogens is 246 g/mol. The van der Waals surface area contributed by atoms with E-state index >= 15 is 0 Å². The number of rotatable bonds is 3. The molecule has 0 N–H and O–H groups in total. The van der Waals surface area contributed by atoms with Gasteiger partial charge >= 0.3 is 0 Å². The van der Waals surface area contributed by atoms with E-state index in [1.165, 1.54) is 18.7 Å². The van der Waals surface area contributed by atoms with Crippen LogP contribution >= 0.6 is 11.8 Å². The number of ketones is 1. The first-order valence-electron chi connectivity index (χ1n) is 5.19. The third kappa shape index (κ3) is 2.73. The van der Waals surface area contributed by atoms with Crippen LogP contribution in [-0.2, 0) is 0 Å². The maximum absolute atomic E-state index is 11.5. The smallest absolute Gasteiger partial charge is 0.160 e. The van der Waals surface area contributed by atoms with Crippen molar-refractivity contribution in [2.24, 2.45) is 0 Å². The topological polar surface area (TPSA) is 66.6 Å². The fourth-order valence-corrected chi connectivity index (χ4v) is 2.38. The van der Waals surface area contributed by atoms with E-state index in [0.29, 0.717) is 16.2 Å². The van der Waals surface area contributed by atoms with Crippen molar-refractivity contribution in [2.75, 3.05) is 0 Å². The summed E-state index contributed by atoms with van der Waals surface area (Å²) in [5, 5.41) is 9.58. The minimum atomic E-state index is -0.0362. The lowest BCUT2D eigenvalue weighted by Crippen LogP contribution is -1.96. The van der Waals surface area contributed by atoms with E-state index in [-0.39, 0.29) is 5.78 Å². The highest BCUT2D eigenvalue weighted by Gasteiger charge is 2.10. The zero-order valence-corrected chi connectivity index (χ0v) is 10.4. The van der Waals surface area contributed by atoms with Gasteiger partial charge in [0.05, 0.1) is 17.8 Å². The average Bonchev–Trinajstić information content (AvgIpc) is 2.39. The predicted octanol–water partition coefficient (Wildman–Crippen LogP) is 2.70. The zero-order valence-electron chi connectivity index (χ0n) is 9.62. The van der Waals surface area contributed by atoms with Crippen molar-refractivity contribution in [3.63, 3.8) is 0 Å². The first-order chi connectivity index (χ1) is 8.70. The monoisotopic (exact) mass is 255 g/mol. The van der Waals surface area contributed by atoms with Crippen LogP contribution in [0.25, 0.3) is 0 Å². The SMILES string of the molecule is CC(=O)c1ccc(C#N)cc1Sc1cnccn1. The minimum absolute atomic E-state index is 0.0362. The quantitative estimate of drug-likeness (QED) is 0.789. The highest BCUT2D eigenvalue weighted by molar-refractivity contribution is 7.99. The standard InChI is InChI=1S/C13H9N3OS/c1-9(17)11-3-2-10(7-14)6-12(11)18-13-8-15-4-5-16-13/h2-6,8H,1H3. The van der Waals surface area contributed by atoms with E-state index in [0.717, 1.165) is 4.90 Å². The van der Waals surface area contributed by atoms with Crippen molar-refractivity contribution in [1.82, 2.24) is 9.97 Å². The molecule has 1 heterocycles. The molecule has 1 aromatic heterocycles. The van der Waals surface area contributed by atoms with Crippen LogP contribution in [0.5, 0.6) is 0 Å². The number of hydrogen-bond acceptors (Lipinski definition) is 5. The highest BCUT2D eigenvalue weighted by Crippen LogP contribution is 2.29. The van der Waals surface area contributed by atoms with Gasteiger partial charge in [0.25, 0.3) is 0 Å². The summed E-state index contributed by atoms with van der Waals surface area (Å²) in [5.41, 5.74) is 1.11. The van der Waals surface area contributed by atoms with Crippen LogP contribution in [0.1, 0.15) is 22.8 Å². The molecule has 0 saturated carbocycles. The maximum atomic E-state index is 11.5. The molecule has 2 rings (SSSR count). The molecule has 88 valence electrons. The molecule has 0 saturated heterocycles. The van der Waals surface area contributed by atoms with Crippen LogP contribution in [0.15, 0.2) is 46.7 Å². The van der Waals surface area contributed by atoms with E-state index in [2.05, 4.69) is 16.0 Å². The molecular formula is C13H9N3OS. The van der Waals surface area contributed by atoms with Gasteiger partial charge in [-0.25, -0.2) is 4.98 Å². The van der Waals surface area contributed by atoms with Crippen molar-refractivity contribution in [3.8, 4) is 6.07 Å². The molecule has 0 aliphatic carbocycles. The highest BCUT2D eigenvalue weighted by atomic mass is 32.2. The lowest BCUT2D eigenvalue weighted by Gasteiger charge is -2.06. The third-order valence-electron chi connectivity index (χ3n) is 2.24. The summed E-state index contributed by atoms with van der Waals surface area (Å²) in [7, 11) is 0. The molecule has 0 amide bonds. The van der Waals surface area contributed by atoms with Gasteiger partial charge < -0.3 is 0 Å². The van der Waals surface area contributed by atoms with Crippen molar-refractivity contribution < 1.29 is 4.79 Å². The first-order valence-corrected chi connectivity index (χ1v) is 6.01. The molecule has 0 aliphatic rings.